The third kappa shape index (κ3) is 57.6. The first kappa shape index (κ1) is 70.3. The molecule has 0 bridgehead atoms. The Labute approximate surface area is 450 Å². The third-order valence-electron chi connectivity index (χ3n) is 15.2. The van der Waals surface area contributed by atoms with E-state index in [1.165, 1.54) is 289 Å². The van der Waals surface area contributed by atoms with E-state index < -0.39 is 12.1 Å². The summed E-state index contributed by atoms with van der Waals surface area (Å²) in [5.41, 5.74) is 0. The van der Waals surface area contributed by atoms with Crippen molar-refractivity contribution in [2.45, 2.75) is 373 Å². The number of rotatable bonds is 61. The standard InChI is InChI=1S/C66H127NO5/c1-3-5-7-9-11-13-15-17-18-19-20-26-29-32-35-38-42-46-50-54-58-64(69)63(62-68)67-65(70)59-55-51-47-43-39-36-33-30-27-24-22-21-23-25-28-31-34-37-41-45-49-53-57-61-72-66(71)60-56-52-48-44-40-16-14-12-10-8-6-4-2/h12,14,54,58,63-64,68-69H,3-11,13,15-53,55-57,59-62H2,1-2H3,(H,67,70)/b14-12-,58-54+. The van der Waals surface area contributed by atoms with Crippen LogP contribution in [0.25, 0.3) is 0 Å². The van der Waals surface area contributed by atoms with Crippen molar-refractivity contribution < 1.29 is 24.5 Å². The van der Waals surface area contributed by atoms with Crippen LogP contribution in [0.5, 0.6) is 0 Å². The zero-order chi connectivity index (χ0) is 52.2. The number of hydrogen-bond donors (Lipinski definition) is 3. The second-order valence-electron chi connectivity index (χ2n) is 22.5. The molecule has 0 aromatic heterocycles. The summed E-state index contributed by atoms with van der Waals surface area (Å²) in [5.74, 6) is -0.0599. The highest BCUT2D eigenvalue weighted by Gasteiger charge is 2.18. The maximum absolute atomic E-state index is 12.5. The lowest BCUT2D eigenvalue weighted by Crippen LogP contribution is -2.45. The number of hydrogen-bond acceptors (Lipinski definition) is 5. The Hall–Kier alpha value is -1.66. The van der Waals surface area contributed by atoms with Gasteiger partial charge in [0.15, 0.2) is 0 Å². The minimum absolute atomic E-state index is 0.00425. The van der Waals surface area contributed by atoms with Crippen LogP contribution in [0.15, 0.2) is 24.3 Å². The maximum Gasteiger partial charge on any atom is 0.305 e. The number of unbranched alkanes of at least 4 members (excludes halogenated alkanes) is 48. The molecule has 0 aliphatic heterocycles. The number of esters is 1. The minimum atomic E-state index is -0.845. The Kier molecular flexibility index (Phi) is 60.5. The number of nitrogens with one attached hydrogen (secondary N) is 1. The topological polar surface area (TPSA) is 95.9 Å². The average molecular weight is 1010 g/mol. The Morgan fingerprint density at radius 3 is 1.01 bits per heavy atom. The van der Waals surface area contributed by atoms with E-state index in [1.54, 1.807) is 6.08 Å². The minimum Gasteiger partial charge on any atom is -0.466 e. The van der Waals surface area contributed by atoms with Crippen LogP contribution in [-0.4, -0.2) is 47.4 Å². The molecule has 3 N–H and O–H groups in total. The van der Waals surface area contributed by atoms with Crippen molar-refractivity contribution >= 4 is 11.9 Å². The number of aliphatic hydroxyl groups excluding tert-OH is 2. The van der Waals surface area contributed by atoms with Gasteiger partial charge >= 0.3 is 5.97 Å². The lowest BCUT2D eigenvalue weighted by atomic mass is 10.0. The first-order valence-electron chi connectivity index (χ1n) is 32.6. The Morgan fingerprint density at radius 1 is 0.375 bits per heavy atom. The van der Waals surface area contributed by atoms with Gasteiger partial charge in [0, 0.05) is 12.8 Å². The summed E-state index contributed by atoms with van der Waals surface area (Å²) in [6.07, 6.45) is 76.6. The molecule has 0 rings (SSSR count). The van der Waals surface area contributed by atoms with Crippen LogP contribution < -0.4 is 5.32 Å². The molecule has 0 spiro atoms. The third-order valence-corrected chi connectivity index (χ3v) is 15.2. The fourth-order valence-corrected chi connectivity index (χ4v) is 10.2. The van der Waals surface area contributed by atoms with Crippen molar-refractivity contribution in [1.82, 2.24) is 5.32 Å². The molecule has 0 radical (unpaired) electrons. The number of aliphatic hydroxyl groups is 2. The molecule has 0 aromatic carbocycles. The Morgan fingerprint density at radius 2 is 0.653 bits per heavy atom. The van der Waals surface area contributed by atoms with Gasteiger partial charge in [0.25, 0.3) is 0 Å². The lowest BCUT2D eigenvalue weighted by molar-refractivity contribution is -0.143. The first-order chi connectivity index (χ1) is 35.5. The van der Waals surface area contributed by atoms with E-state index in [-0.39, 0.29) is 18.5 Å². The number of carbonyl (C=O) groups excluding carboxylic acids is 2. The molecule has 1 amide bonds. The van der Waals surface area contributed by atoms with Crippen LogP contribution in [0.2, 0.25) is 0 Å². The van der Waals surface area contributed by atoms with E-state index in [0.717, 1.165) is 44.9 Å². The lowest BCUT2D eigenvalue weighted by Gasteiger charge is -2.20. The van der Waals surface area contributed by atoms with Crippen molar-refractivity contribution in [1.29, 1.82) is 0 Å². The number of amides is 1. The van der Waals surface area contributed by atoms with E-state index in [0.29, 0.717) is 19.4 Å². The quantitative estimate of drug-likeness (QED) is 0.0320. The smallest absolute Gasteiger partial charge is 0.305 e. The van der Waals surface area contributed by atoms with Crippen LogP contribution in [0.4, 0.5) is 0 Å². The number of carbonyl (C=O) groups is 2. The van der Waals surface area contributed by atoms with Crippen LogP contribution in [0.3, 0.4) is 0 Å². The summed E-state index contributed by atoms with van der Waals surface area (Å²) in [6.45, 7) is 4.91. The monoisotopic (exact) mass is 1010 g/mol. The molecule has 6 nitrogen and oxygen atoms in total. The maximum atomic E-state index is 12.5. The summed E-state index contributed by atoms with van der Waals surface area (Å²) in [4.78, 5) is 24.5. The van der Waals surface area contributed by atoms with Crippen molar-refractivity contribution in [3.05, 3.63) is 24.3 Å². The summed E-state index contributed by atoms with van der Waals surface area (Å²) in [6, 6.07) is -0.628. The highest BCUT2D eigenvalue weighted by molar-refractivity contribution is 5.76. The highest BCUT2D eigenvalue weighted by Crippen LogP contribution is 2.18. The van der Waals surface area contributed by atoms with Gasteiger partial charge in [-0.25, -0.2) is 0 Å². The van der Waals surface area contributed by atoms with Gasteiger partial charge in [0.2, 0.25) is 5.91 Å². The molecular formula is C66H127NO5. The molecule has 0 saturated carbocycles. The summed E-state index contributed by atoms with van der Waals surface area (Å²) >= 11 is 0. The molecule has 6 heteroatoms. The summed E-state index contributed by atoms with van der Waals surface area (Å²) in [7, 11) is 0. The summed E-state index contributed by atoms with van der Waals surface area (Å²) in [5, 5.41) is 23.2. The predicted octanol–water partition coefficient (Wildman–Crippen LogP) is 20.6. The van der Waals surface area contributed by atoms with Gasteiger partial charge < -0.3 is 20.3 Å². The molecule has 426 valence electrons. The number of ether oxygens (including phenoxy) is 1. The second-order valence-corrected chi connectivity index (χ2v) is 22.5. The van der Waals surface area contributed by atoms with Gasteiger partial charge in [-0.3, -0.25) is 9.59 Å². The van der Waals surface area contributed by atoms with E-state index >= 15 is 0 Å². The second kappa shape index (κ2) is 61.9. The van der Waals surface area contributed by atoms with Crippen molar-refractivity contribution in [2.75, 3.05) is 13.2 Å². The summed E-state index contributed by atoms with van der Waals surface area (Å²) < 4.78 is 5.47. The molecule has 72 heavy (non-hydrogen) atoms. The van der Waals surface area contributed by atoms with E-state index in [1.807, 2.05) is 6.08 Å². The SMILES string of the molecule is CCCCC/C=C\CCCCCCCC(=O)OCCCCCCCCCCCCCCCCCCCCCCCCCC(=O)NC(CO)C(O)/C=C/CCCCCCCCCCCCCCCCCCCC. The molecule has 2 unspecified atom stereocenters. The van der Waals surface area contributed by atoms with Gasteiger partial charge in [-0.1, -0.05) is 314 Å². The molecule has 0 fully saturated rings. The Bertz CT molecular complexity index is 1120. The zero-order valence-corrected chi connectivity index (χ0v) is 48.7. The molecule has 0 saturated heterocycles. The van der Waals surface area contributed by atoms with E-state index in [2.05, 4.69) is 31.3 Å². The van der Waals surface area contributed by atoms with E-state index in [9.17, 15) is 19.8 Å². The average Bonchev–Trinajstić information content (AvgIpc) is 3.38. The van der Waals surface area contributed by atoms with Crippen molar-refractivity contribution in [3.63, 3.8) is 0 Å². The fourth-order valence-electron chi connectivity index (χ4n) is 10.2. The molecule has 0 aliphatic rings. The fraction of sp³-hybridized carbons (Fsp3) is 0.909. The largest absolute Gasteiger partial charge is 0.466 e. The van der Waals surface area contributed by atoms with Gasteiger partial charge in [-0.05, 0) is 57.8 Å². The van der Waals surface area contributed by atoms with Crippen molar-refractivity contribution in [2.24, 2.45) is 0 Å². The molecule has 0 aromatic rings. The van der Waals surface area contributed by atoms with Crippen LogP contribution in [0.1, 0.15) is 361 Å². The van der Waals surface area contributed by atoms with Gasteiger partial charge in [0.05, 0.1) is 25.4 Å². The zero-order valence-electron chi connectivity index (χ0n) is 48.7. The Balaban J connectivity index is 3.41. The molecule has 2 atom stereocenters. The van der Waals surface area contributed by atoms with Gasteiger partial charge in [0.1, 0.15) is 0 Å². The van der Waals surface area contributed by atoms with Gasteiger partial charge in [-0.15, -0.1) is 0 Å². The first-order valence-corrected chi connectivity index (χ1v) is 32.6. The van der Waals surface area contributed by atoms with E-state index in [4.69, 9.17) is 4.74 Å². The molecule has 0 heterocycles. The van der Waals surface area contributed by atoms with Crippen LogP contribution in [-0.2, 0) is 14.3 Å². The normalized spacial score (nSPS) is 12.7. The molecular weight excluding hydrogens is 887 g/mol. The predicted molar refractivity (Wildman–Crippen MR) is 315 cm³/mol. The van der Waals surface area contributed by atoms with Crippen LogP contribution in [0, 0.1) is 0 Å². The molecule has 0 aliphatic carbocycles. The van der Waals surface area contributed by atoms with Crippen LogP contribution >= 0.6 is 0 Å². The van der Waals surface area contributed by atoms with Gasteiger partial charge in [-0.2, -0.15) is 0 Å². The number of allylic oxidation sites excluding steroid dienone is 3. The van der Waals surface area contributed by atoms with Crippen molar-refractivity contribution in [3.8, 4) is 0 Å². The highest BCUT2D eigenvalue weighted by atomic mass is 16.5.